The van der Waals surface area contributed by atoms with E-state index in [1.165, 1.54) is 18.2 Å². The number of benzene rings is 1. The van der Waals surface area contributed by atoms with Gasteiger partial charge in [0.2, 0.25) is 10.0 Å². The summed E-state index contributed by atoms with van der Waals surface area (Å²) in [5.41, 5.74) is 0. The summed E-state index contributed by atoms with van der Waals surface area (Å²) in [7, 11) is -3.61. The molecule has 1 aliphatic rings. The van der Waals surface area contributed by atoms with Gasteiger partial charge in [-0.25, -0.2) is 17.5 Å². The van der Waals surface area contributed by atoms with E-state index in [9.17, 15) is 12.8 Å². The van der Waals surface area contributed by atoms with E-state index in [2.05, 4.69) is 10.0 Å². The van der Waals surface area contributed by atoms with E-state index in [1.807, 2.05) is 0 Å². The summed E-state index contributed by atoms with van der Waals surface area (Å²) in [5, 5.41) is 3.12. The molecular formula is C11H16ClFN2O2S. The highest BCUT2D eigenvalue weighted by molar-refractivity contribution is 7.89. The molecule has 0 aliphatic carbocycles. The Morgan fingerprint density at radius 1 is 1.39 bits per heavy atom. The Morgan fingerprint density at radius 2 is 2.17 bits per heavy atom. The molecule has 1 aliphatic heterocycles. The second kappa shape index (κ2) is 6.47. The second-order valence-corrected chi connectivity index (χ2v) is 5.84. The molecule has 1 fully saturated rings. The van der Waals surface area contributed by atoms with E-state index < -0.39 is 15.8 Å². The molecule has 2 N–H and O–H groups in total. The summed E-state index contributed by atoms with van der Waals surface area (Å²) in [6, 6.07) is 4.92. The smallest absolute Gasteiger partial charge is 0.240 e. The van der Waals surface area contributed by atoms with Gasteiger partial charge in [-0.15, -0.1) is 12.4 Å². The lowest BCUT2D eigenvalue weighted by molar-refractivity contribution is 0.428. The Kier molecular flexibility index (Phi) is 5.52. The highest BCUT2D eigenvalue weighted by Gasteiger charge is 2.21. The van der Waals surface area contributed by atoms with Gasteiger partial charge in [0.25, 0.3) is 0 Å². The van der Waals surface area contributed by atoms with Crippen molar-refractivity contribution in [1.82, 2.24) is 10.0 Å². The summed E-state index contributed by atoms with van der Waals surface area (Å²) in [4.78, 5) is -0.0249. The Balaban J connectivity index is 0.00000162. The minimum absolute atomic E-state index is 0. The van der Waals surface area contributed by atoms with Crippen LogP contribution in [-0.4, -0.2) is 27.5 Å². The predicted molar refractivity (Wildman–Crippen MR) is 69.9 cm³/mol. The molecule has 0 spiro atoms. The molecule has 1 saturated heterocycles. The van der Waals surface area contributed by atoms with Crippen LogP contribution in [0.15, 0.2) is 29.2 Å². The van der Waals surface area contributed by atoms with E-state index >= 15 is 0 Å². The first-order valence-electron chi connectivity index (χ1n) is 5.56. The first kappa shape index (κ1) is 15.4. The van der Waals surface area contributed by atoms with Gasteiger partial charge in [-0.1, -0.05) is 6.07 Å². The summed E-state index contributed by atoms with van der Waals surface area (Å²) in [6.45, 7) is 1.53. The molecule has 1 aromatic carbocycles. The van der Waals surface area contributed by atoms with Gasteiger partial charge in [0, 0.05) is 12.6 Å². The van der Waals surface area contributed by atoms with Crippen LogP contribution in [0.5, 0.6) is 0 Å². The number of hydrogen-bond donors (Lipinski definition) is 2. The maximum atomic E-state index is 13.0. The molecule has 1 atom stereocenters. The maximum absolute atomic E-state index is 13.0. The van der Waals surface area contributed by atoms with Crippen molar-refractivity contribution in [3.63, 3.8) is 0 Å². The van der Waals surface area contributed by atoms with Gasteiger partial charge in [0.15, 0.2) is 0 Å². The van der Waals surface area contributed by atoms with Crippen LogP contribution in [0.1, 0.15) is 12.8 Å². The second-order valence-electron chi connectivity index (χ2n) is 4.12. The van der Waals surface area contributed by atoms with E-state index in [-0.39, 0.29) is 23.3 Å². The molecule has 0 saturated carbocycles. The van der Waals surface area contributed by atoms with Crippen LogP contribution in [0.2, 0.25) is 0 Å². The largest absolute Gasteiger partial charge is 0.315 e. The number of nitrogens with one attached hydrogen (secondary N) is 2. The minimum Gasteiger partial charge on any atom is -0.315 e. The van der Waals surface area contributed by atoms with Crippen molar-refractivity contribution in [1.29, 1.82) is 0 Å². The lowest BCUT2D eigenvalue weighted by atomic mass is 10.1. The zero-order valence-corrected chi connectivity index (χ0v) is 11.4. The average molecular weight is 295 g/mol. The van der Waals surface area contributed by atoms with Gasteiger partial charge >= 0.3 is 0 Å². The third-order valence-corrected chi connectivity index (χ3v) is 4.24. The van der Waals surface area contributed by atoms with Crippen molar-refractivity contribution in [3.05, 3.63) is 30.1 Å². The summed E-state index contributed by atoms with van der Waals surface area (Å²) < 4.78 is 39.4. The topological polar surface area (TPSA) is 58.2 Å². The number of hydrogen-bond acceptors (Lipinski definition) is 3. The lowest BCUT2D eigenvalue weighted by Crippen LogP contribution is -2.45. The fourth-order valence-corrected chi connectivity index (χ4v) is 3.18. The monoisotopic (exact) mass is 294 g/mol. The average Bonchev–Trinajstić information content (AvgIpc) is 2.30. The third-order valence-electron chi connectivity index (χ3n) is 2.73. The van der Waals surface area contributed by atoms with E-state index in [1.54, 1.807) is 0 Å². The van der Waals surface area contributed by atoms with Crippen LogP contribution in [0.3, 0.4) is 0 Å². The van der Waals surface area contributed by atoms with Crippen LogP contribution in [0.4, 0.5) is 4.39 Å². The molecule has 0 bridgehead atoms. The van der Waals surface area contributed by atoms with E-state index in [0.29, 0.717) is 6.54 Å². The van der Waals surface area contributed by atoms with Crippen LogP contribution in [-0.2, 0) is 10.0 Å². The maximum Gasteiger partial charge on any atom is 0.240 e. The van der Waals surface area contributed by atoms with Gasteiger partial charge in [-0.05, 0) is 37.6 Å². The van der Waals surface area contributed by atoms with Crippen molar-refractivity contribution in [3.8, 4) is 0 Å². The molecule has 0 amide bonds. The molecule has 2 rings (SSSR count). The quantitative estimate of drug-likeness (QED) is 0.883. The van der Waals surface area contributed by atoms with Crippen molar-refractivity contribution < 1.29 is 12.8 Å². The zero-order valence-electron chi connectivity index (χ0n) is 9.73. The summed E-state index contributed by atoms with van der Waals surface area (Å²) in [6.07, 6.45) is 1.75. The normalized spacial score (nSPS) is 20.2. The van der Waals surface area contributed by atoms with E-state index in [0.717, 1.165) is 25.5 Å². The van der Waals surface area contributed by atoms with Gasteiger partial charge < -0.3 is 5.32 Å². The molecule has 1 heterocycles. The minimum atomic E-state index is -3.61. The van der Waals surface area contributed by atoms with Gasteiger partial charge in [0.05, 0.1) is 4.90 Å². The van der Waals surface area contributed by atoms with Gasteiger partial charge in [-0.2, -0.15) is 0 Å². The molecule has 7 heteroatoms. The van der Waals surface area contributed by atoms with Crippen molar-refractivity contribution in [2.45, 2.75) is 23.8 Å². The molecule has 18 heavy (non-hydrogen) atoms. The Morgan fingerprint density at radius 3 is 2.78 bits per heavy atom. The highest BCUT2D eigenvalue weighted by atomic mass is 35.5. The highest BCUT2D eigenvalue weighted by Crippen LogP contribution is 2.12. The van der Waals surface area contributed by atoms with Crippen molar-refractivity contribution in [2.75, 3.05) is 13.1 Å². The van der Waals surface area contributed by atoms with Crippen molar-refractivity contribution in [2.24, 2.45) is 0 Å². The molecular weight excluding hydrogens is 279 g/mol. The van der Waals surface area contributed by atoms with Crippen molar-refractivity contribution >= 4 is 22.4 Å². The van der Waals surface area contributed by atoms with Crippen LogP contribution >= 0.6 is 12.4 Å². The number of rotatable bonds is 3. The third kappa shape index (κ3) is 3.91. The summed E-state index contributed by atoms with van der Waals surface area (Å²) >= 11 is 0. The van der Waals surface area contributed by atoms with Crippen LogP contribution in [0.25, 0.3) is 0 Å². The van der Waals surface area contributed by atoms with Gasteiger partial charge in [-0.3, -0.25) is 0 Å². The Labute approximate surface area is 112 Å². The number of sulfonamides is 1. The molecule has 102 valence electrons. The summed E-state index contributed by atoms with van der Waals surface area (Å²) in [5.74, 6) is -0.547. The standard InChI is InChI=1S/C11H15FN2O2S.ClH/c12-9-3-1-5-11(7-9)17(15,16)14-10-4-2-6-13-8-10;/h1,3,5,7,10,13-14H,2,4,6,8H2;1H. The SMILES string of the molecule is Cl.O=S(=O)(NC1CCCNC1)c1cccc(F)c1. The van der Waals surface area contributed by atoms with Gasteiger partial charge in [0.1, 0.15) is 5.82 Å². The molecule has 0 aromatic heterocycles. The fraction of sp³-hybridized carbons (Fsp3) is 0.455. The van der Waals surface area contributed by atoms with Crippen LogP contribution < -0.4 is 10.0 Å². The Bertz CT molecular complexity index is 490. The number of halogens is 2. The molecule has 4 nitrogen and oxygen atoms in total. The predicted octanol–water partition coefficient (Wildman–Crippen LogP) is 1.28. The first-order chi connectivity index (χ1) is 8.08. The molecule has 1 aromatic rings. The molecule has 0 radical (unpaired) electrons. The number of piperidine rings is 1. The Hall–Kier alpha value is -0.690. The lowest BCUT2D eigenvalue weighted by Gasteiger charge is -2.23. The molecule has 1 unspecified atom stereocenters. The zero-order chi connectivity index (χ0) is 12.3. The van der Waals surface area contributed by atoms with Crippen LogP contribution in [0, 0.1) is 5.82 Å². The first-order valence-corrected chi connectivity index (χ1v) is 7.05. The fourth-order valence-electron chi connectivity index (χ4n) is 1.87. The van der Waals surface area contributed by atoms with E-state index in [4.69, 9.17) is 0 Å².